The number of pyridine rings is 1. The number of aromatic nitrogens is 3. The molecule has 1 N–H and O–H groups in total. The van der Waals surface area contributed by atoms with Crippen molar-refractivity contribution in [1.82, 2.24) is 24.2 Å². The zero-order chi connectivity index (χ0) is 18.9. The summed E-state index contributed by atoms with van der Waals surface area (Å²) in [5.74, 6) is -0.268. The van der Waals surface area contributed by atoms with Crippen molar-refractivity contribution in [2.75, 3.05) is 14.1 Å². The van der Waals surface area contributed by atoms with Gasteiger partial charge in [-0.2, -0.15) is 0 Å². The SMILES string of the molecule is CN(C)S(=O)(=O)c1ccc(CNC(=O)c2cnc3c(c2)ncn3C)cc1. The Labute approximate surface area is 151 Å². The van der Waals surface area contributed by atoms with E-state index in [-0.39, 0.29) is 17.3 Å². The lowest BCUT2D eigenvalue weighted by molar-refractivity contribution is 0.0950. The molecule has 0 aliphatic carbocycles. The van der Waals surface area contributed by atoms with Crippen molar-refractivity contribution < 1.29 is 13.2 Å². The van der Waals surface area contributed by atoms with Gasteiger partial charge in [-0.25, -0.2) is 22.7 Å². The average Bonchev–Trinajstić information content (AvgIpc) is 3.00. The van der Waals surface area contributed by atoms with Crippen LogP contribution in [0.25, 0.3) is 11.2 Å². The number of sulfonamides is 1. The van der Waals surface area contributed by atoms with Crippen molar-refractivity contribution in [2.24, 2.45) is 7.05 Å². The van der Waals surface area contributed by atoms with Crippen LogP contribution in [0.1, 0.15) is 15.9 Å². The highest BCUT2D eigenvalue weighted by Gasteiger charge is 2.16. The molecule has 0 unspecified atom stereocenters. The number of amides is 1. The van der Waals surface area contributed by atoms with Crippen molar-refractivity contribution >= 4 is 27.1 Å². The van der Waals surface area contributed by atoms with Gasteiger partial charge in [0.2, 0.25) is 10.0 Å². The maximum atomic E-state index is 12.3. The Kier molecular flexibility index (Phi) is 4.75. The van der Waals surface area contributed by atoms with Crippen molar-refractivity contribution in [3.8, 4) is 0 Å². The molecule has 0 saturated carbocycles. The summed E-state index contributed by atoms with van der Waals surface area (Å²) in [6.07, 6.45) is 3.15. The van der Waals surface area contributed by atoms with Crippen molar-refractivity contribution in [3.63, 3.8) is 0 Å². The van der Waals surface area contributed by atoms with Crippen LogP contribution in [-0.2, 0) is 23.6 Å². The van der Waals surface area contributed by atoms with Crippen LogP contribution in [-0.4, -0.2) is 47.3 Å². The molecule has 0 aliphatic rings. The third-order valence-corrected chi connectivity index (χ3v) is 5.80. The summed E-state index contributed by atoms with van der Waals surface area (Å²) >= 11 is 0. The van der Waals surface area contributed by atoms with Crippen LogP contribution < -0.4 is 5.32 Å². The van der Waals surface area contributed by atoms with Crippen molar-refractivity contribution in [1.29, 1.82) is 0 Å². The number of imidazole rings is 1. The standard InChI is InChI=1S/C17H19N5O3S/c1-21(2)26(24,25)14-6-4-12(5-7-14)9-19-17(23)13-8-15-16(18-10-13)22(3)11-20-15/h4-8,10-11H,9H2,1-3H3,(H,19,23). The first-order chi connectivity index (χ1) is 12.3. The number of rotatable bonds is 5. The van der Waals surface area contributed by atoms with Crippen LogP contribution in [0.3, 0.4) is 0 Å². The Morgan fingerprint density at radius 2 is 1.88 bits per heavy atom. The second kappa shape index (κ2) is 6.85. The van der Waals surface area contributed by atoms with Crippen LogP contribution in [0.2, 0.25) is 0 Å². The van der Waals surface area contributed by atoms with Gasteiger partial charge < -0.3 is 9.88 Å². The van der Waals surface area contributed by atoms with Crippen LogP contribution >= 0.6 is 0 Å². The van der Waals surface area contributed by atoms with E-state index in [2.05, 4.69) is 15.3 Å². The van der Waals surface area contributed by atoms with Gasteiger partial charge in [-0.05, 0) is 23.8 Å². The molecule has 0 aliphatic heterocycles. The summed E-state index contributed by atoms with van der Waals surface area (Å²) in [4.78, 5) is 20.9. The molecular formula is C17H19N5O3S. The van der Waals surface area contributed by atoms with Gasteiger partial charge in [0, 0.05) is 33.9 Å². The Morgan fingerprint density at radius 3 is 2.54 bits per heavy atom. The highest BCUT2D eigenvalue weighted by atomic mass is 32.2. The number of carbonyl (C=O) groups is 1. The molecular weight excluding hydrogens is 354 g/mol. The maximum absolute atomic E-state index is 12.3. The number of benzene rings is 1. The molecule has 1 amide bonds. The monoisotopic (exact) mass is 373 g/mol. The number of nitrogens with zero attached hydrogens (tertiary/aromatic N) is 4. The van der Waals surface area contributed by atoms with Crippen molar-refractivity contribution in [2.45, 2.75) is 11.4 Å². The summed E-state index contributed by atoms with van der Waals surface area (Å²) in [5.41, 5.74) is 2.57. The van der Waals surface area contributed by atoms with Crippen LogP contribution in [0.4, 0.5) is 0 Å². The Bertz CT molecular complexity index is 1060. The number of nitrogens with one attached hydrogen (secondary N) is 1. The number of hydrogen-bond donors (Lipinski definition) is 1. The van der Waals surface area contributed by atoms with Gasteiger partial charge in [0.25, 0.3) is 5.91 Å². The summed E-state index contributed by atoms with van der Waals surface area (Å²) in [6.45, 7) is 0.279. The summed E-state index contributed by atoms with van der Waals surface area (Å²) < 4.78 is 27.0. The summed E-state index contributed by atoms with van der Waals surface area (Å²) in [7, 11) is 1.34. The van der Waals surface area contributed by atoms with Gasteiger partial charge in [0.1, 0.15) is 5.52 Å². The molecule has 0 fully saturated rings. The third-order valence-electron chi connectivity index (χ3n) is 3.97. The minimum Gasteiger partial charge on any atom is -0.348 e. The van der Waals surface area contributed by atoms with Crippen LogP contribution in [0, 0.1) is 0 Å². The molecule has 2 aromatic heterocycles. The quantitative estimate of drug-likeness (QED) is 0.724. The largest absolute Gasteiger partial charge is 0.348 e. The van der Waals surface area contributed by atoms with E-state index in [9.17, 15) is 13.2 Å². The molecule has 26 heavy (non-hydrogen) atoms. The van der Waals surface area contributed by atoms with E-state index in [1.54, 1.807) is 29.1 Å². The Morgan fingerprint density at radius 1 is 1.19 bits per heavy atom. The molecule has 3 rings (SSSR count). The molecule has 0 spiro atoms. The molecule has 0 bridgehead atoms. The van der Waals surface area contributed by atoms with E-state index < -0.39 is 10.0 Å². The zero-order valence-corrected chi connectivity index (χ0v) is 15.5. The molecule has 2 heterocycles. The fourth-order valence-corrected chi connectivity index (χ4v) is 3.32. The topological polar surface area (TPSA) is 97.2 Å². The first kappa shape index (κ1) is 18.0. The normalized spacial score (nSPS) is 11.8. The van der Waals surface area contributed by atoms with Crippen LogP contribution in [0.15, 0.2) is 47.8 Å². The second-order valence-electron chi connectivity index (χ2n) is 6.04. The van der Waals surface area contributed by atoms with Crippen molar-refractivity contribution in [3.05, 3.63) is 54.0 Å². The lowest BCUT2D eigenvalue weighted by atomic mass is 10.2. The first-order valence-corrected chi connectivity index (χ1v) is 9.30. The summed E-state index contributed by atoms with van der Waals surface area (Å²) in [6, 6.07) is 8.09. The summed E-state index contributed by atoms with van der Waals surface area (Å²) in [5, 5.41) is 2.79. The van der Waals surface area contributed by atoms with E-state index in [1.807, 2.05) is 7.05 Å². The Balaban J connectivity index is 1.69. The van der Waals surface area contributed by atoms with Crippen LogP contribution in [0.5, 0.6) is 0 Å². The van der Waals surface area contributed by atoms with E-state index in [0.717, 1.165) is 9.87 Å². The zero-order valence-electron chi connectivity index (χ0n) is 14.7. The lowest BCUT2D eigenvalue weighted by Crippen LogP contribution is -2.23. The number of fused-ring (bicyclic) bond motifs is 1. The van der Waals surface area contributed by atoms with E-state index in [0.29, 0.717) is 16.7 Å². The predicted octanol–water partition coefficient (Wildman–Crippen LogP) is 1.15. The molecule has 136 valence electrons. The molecule has 0 atom stereocenters. The van der Waals surface area contributed by atoms with Gasteiger partial charge in [-0.15, -0.1) is 0 Å². The second-order valence-corrected chi connectivity index (χ2v) is 8.19. The fraction of sp³-hybridized carbons (Fsp3) is 0.235. The number of carbonyl (C=O) groups excluding carboxylic acids is 1. The number of hydrogen-bond acceptors (Lipinski definition) is 5. The highest BCUT2D eigenvalue weighted by Crippen LogP contribution is 2.14. The molecule has 0 radical (unpaired) electrons. The van der Waals surface area contributed by atoms with Gasteiger partial charge in [0.05, 0.1) is 16.8 Å². The molecule has 0 saturated heterocycles. The smallest absolute Gasteiger partial charge is 0.253 e. The average molecular weight is 373 g/mol. The maximum Gasteiger partial charge on any atom is 0.253 e. The molecule has 3 aromatic rings. The van der Waals surface area contributed by atoms with Gasteiger partial charge in [0.15, 0.2) is 5.65 Å². The Hall–Kier alpha value is -2.78. The van der Waals surface area contributed by atoms with E-state index in [1.165, 1.54) is 32.4 Å². The highest BCUT2D eigenvalue weighted by molar-refractivity contribution is 7.89. The fourth-order valence-electron chi connectivity index (χ4n) is 2.41. The van der Waals surface area contributed by atoms with Gasteiger partial charge in [-0.1, -0.05) is 12.1 Å². The third kappa shape index (κ3) is 3.44. The minimum absolute atomic E-state index is 0.211. The van der Waals surface area contributed by atoms with Gasteiger partial charge >= 0.3 is 0 Å². The minimum atomic E-state index is -3.46. The molecule has 1 aromatic carbocycles. The lowest BCUT2D eigenvalue weighted by Gasteiger charge is -2.12. The predicted molar refractivity (Wildman–Crippen MR) is 97.0 cm³/mol. The van der Waals surface area contributed by atoms with E-state index >= 15 is 0 Å². The molecule has 8 nitrogen and oxygen atoms in total. The first-order valence-electron chi connectivity index (χ1n) is 7.86. The van der Waals surface area contributed by atoms with Gasteiger partial charge in [-0.3, -0.25) is 4.79 Å². The van der Waals surface area contributed by atoms with E-state index in [4.69, 9.17) is 0 Å². The number of aryl methyl sites for hydroxylation is 1. The molecule has 9 heteroatoms.